The fourth-order valence-corrected chi connectivity index (χ4v) is 1.04. The summed E-state index contributed by atoms with van der Waals surface area (Å²) in [6, 6.07) is 3.40. The second-order valence-electron chi connectivity index (χ2n) is 1.80. The minimum Gasteiger partial charge on any atom is -0.384 e. The molecule has 0 bridgehead atoms. The Bertz CT molecular complexity index is 239. The number of hydrogen-bond donors (Lipinski definition) is 1. The lowest BCUT2D eigenvalue weighted by molar-refractivity contribution is 0.474. The SMILES string of the molecule is Nc1ccc(I)c(CF)n1. The van der Waals surface area contributed by atoms with Gasteiger partial charge in [-0.2, -0.15) is 0 Å². The van der Waals surface area contributed by atoms with Gasteiger partial charge >= 0.3 is 0 Å². The highest BCUT2D eigenvalue weighted by Crippen LogP contribution is 2.12. The van der Waals surface area contributed by atoms with E-state index in [0.717, 1.165) is 3.57 Å². The van der Waals surface area contributed by atoms with Gasteiger partial charge in [-0.15, -0.1) is 0 Å². The van der Waals surface area contributed by atoms with Crippen molar-refractivity contribution in [3.05, 3.63) is 21.4 Å². The molecule has 1 aromatic rings. The largest absolute Gasteiger partial charge is 0.384 e. The van der Waals surface area contributed by atoms with Crippen LogP contribution < -0.4 is 5.73 Å². The number of nitrogens with zero attached hydrogens (tertiary/aromatic N) is 1. The van der Waals surface area contributed by atoms with Gasteiger partial charge in [-0.1, -0.05) is 0 Å². The van der Waals surface area contributed by atoms with E-state index in [-0.39, 0.29) is 0 Å². The van der Waals surface area contributed by atoms with Gasteiger partial charge in [0.15, 0.2) is 0 Å². The van der Waals surface area contributed by atoms with Gasteiger partial charge in [0, 0.05) is 3.57 Å². The Balaban J connectivity index is 3.09. The van der Waals surface area contributed by atoms with Crippen LogP contribution in [-0.4, -0.2) is 4.98 Å². The Kier molecular flexibility index (Phi) is 2.42. The van der Waals surface area contributed by atoms with Crippen LogP contribution >= 0.6 is 22.6 Å². The van der Waals surface area contributed by atoms with E-state index in [0.29, 0.717) is 11.5 Å². The molecule has 4 heteroatoms. The molecule has 0 fully saturated rings. The summed E-state index contributed by atoms with van der Waals surface area (Å²) in [6.07, 6.45) is 0. The number of aromatic nitrogens is 1. The van der Waals surface area contributed by atoms with Crippen molar-refractivity contribution in [2.24, 2.45) is 0 Å². The van der Waals surface area contributed by atoms with E-state index in [9.17, 15) is 4.39 Å². The maximum Gasteiger partial charge on any atom is 0.133 e. The molecule has 0 radical (unpaired) electrons. The average Bonchev–Trinajstić information content (AvgIpc) is 1.94. The molecule has 2 N–H and O–H groups in total. The molecule has 0 aliphatic carbocycles. The Hall–Kier alpha value is -0.390. The van der Waals surface area contributed by atoms with Crippen LogP contribution in [0.5, 0.6) is 0 Å². The normalized spacial score (nSPS) is 9.80. The van der Waals surface area contributed by atoms with Gasteiger partial charge in [-0.05, 0) is 34.7 Å². The summed E-state index contributed by atoms with van der Waals surface area (Å²) in [7, 11) is 0. The third-order valence-electron chi connectivity index (χ3n) is 1.07. The van der Waals surface area contributed by atoms with Crippen LogP contribution in [0, 0.1) is 3.57 Å². The molecular weight excluding hydrogens is 246 g/mol. The lowest BCUT2D eigenvalue weighted by atomic mass is 10.4. The molecule has 10 heavy (non-hydrogen) atoms. The molecule has 0 aromatic carbocycles. The van der Waals surface area contributed by atoms with Crippen LogP contribution in [0.2, 0.25) is 0 Å². The van der Waals surface area contributed by atoms with Gasteiger partial charge in [0.05, 0.1) is 5.69 Å². The molecule has 0 aliphatic heterocycles. The van der Waals surface area contributed by atoms with Gasteiger partial charge in [-0.3, -0.25) is 0 Å². The summed E-state index contributed by atoms with van der Waals surface area (Å²) < 4.78 is 12.9. The van der Waals surface area contributed by atoms with Crippen LogP contribution in [-0.2, 0) is 6.67 Å². The molecule has 0 spiro atoms. The molecule has 0 aliphatic rings. The summed E-state index contributed by atoms with van der Waals surface area (Å²) >= 11 is 2.02. The third-order valence-corrected chi connectivity index (χ3v) is 2.05. The van der Waals surface area contributed by atoms with Gasteiger partial charge in [-0.25, -0.2) is 9.37 Å². The zero-order valence-corrected chi connectivity index (χ0v) is 7.30. The summed E-state index contributed by atoms with van der Waals surface area (Å²) in [5.41, 5.74) is 5.74. The zero-order chi connectivity index (χ0) is 7.56. The predicted molar refractivity (Wildman–Crippen MR) is 46.2 cm³/mol. The van der Waals surface area contributed by atoms with Crippen molar-refractivity contribution in [1.29, 1.82) is 0 Å². The van der Waals surface area contributed by atoms with Crippen molar-refractivity contribution in [2.75, 3.05) is 5.73 Å². The summed E-state index contributed by atoms with van der Waals surface area (Å²) in [5, 5.41) is 0. The highest BCUT2D eigenvalue weighted by molar-refractivity contribution is 14.1. The highest BCUT2D eigenvalue weighted by Gasteiger charge is 1.99. The van der Waals surface area contributed by atoms with Crippen molar-refractivity contribution in [1.82, 2.24) is 4.98 Å². The maximum absolute atomic E-state index is 12.0. The number of nitrogen functional groups attached to an aromatic ring is 1. The lowest BCUT2D eigenvalue weighted by Crippen LogP contribution is -1.95. The van der Waals surface area contributed by atoms with Crippen LogP contribution in [0.25, 0.3) is 0 Å². The first-order chi connectivity index (χ1) is 4.74. The molecule has 54 valence electrons. The predicted octanol–water partition coefficient (Wildman–Crippen LogP) is 1.74. The first kappa shape index (κ1) is 7.71. The second-order valence-corrected chi connectivity index (χ2v) is 2.96. The van der Waals surface area contributed by atoms with E-state index in [1.54, 1.807) is 12.1 Å². The quantitative estimate of drug-likeness (QED) is 0.773. The topological polar surface area (TPSA) is 38.9 Å². The molecule has 0 atom stereocenters. The molecule has 1 aromatic heterocycles. The number of pyridine rings is 1. The van der Waals surface area contributed by atoms with Crippen LogP contribution in [0.15, 0.2) is 12.1 Å². The fourth-order valence-electron chi connectivity index (χ4n) is 0.595. The first-order valence-electron chi connectivity index (χ1n) is 2.71. The van der Waals surface area contributed by atoms with Crippen molar-refractivity contribution >= 4 is 28.4 Å². The first-order valence-corrected chi connectivity index (χ1v) is 3.79. The van der Waals surface area contributed by atoms with E-state index in [4.69, 9.17) is 5.73 Å². The van der Waals surface area contributed by atoms with Gasteiger partial charge in [0.25, 0.3) is 0 Å². The number of nitrogens with two attached hydrogens (primary N) is 1. The summed E-state index contributed by atoms with van der Waals surface area (Å²) in [4.78, 5) is 3.79. The number of halogens is 2. The Morgan fingerprint density at radius 3 is 2.80 bits per heavy atom. The maximum atomic E-state index is 12.0. The monoisotopic (exact) mass is 252 g/mol. The zero-order valence-electron chi connectivity index (χ0n) is 5.14. The average molecular weight is 252 g/mol. The van der Waals surface area contributed by atoms with Crippen molar-refractivity contribution in [3.63, 3.8) is 0 Å². The second kappa shape index (κ2) is 3.14. The van der Waals surface area contributed by atoms with Crippen molar-refractivity contribution < 1.29 is 4.39 Å². The molecule has 0 amide bonds. The molecular formula is C6H6FIN2. The Morgan fingerprint density at radius 2 is 2.30 bits per heavy atom. The van der Waals surface area contributed by atoms with Crippen LogP contribution in [0.4, 0.5) is 10.2 Å². The summed E-state index contributed by atoms with van der Waals surface area (Å²) in [5.74, 6) is 0.369. The molecule has 1 rings (SSSR count). The van der Waals surface area contributed by atoms with Gasteiger partial charge in [0.1, 0.15) is 12.5 Å². The van der Waals surface area contributed by atoms with E-state index < -0.39 is 6.67 Å². The van der Waals surface area contributed by atoms with E-state index in [2.05, 4.69) is 4.98 Å². The number of anilines is 1. The van der Waals surface area contributed by atoms with E-state index in [1.807, 2.05) is 22.6 Å². The molecule has 2 nitrogen and oxygen atoms in total. The number of alkyl halides is 1. The van der Waals surface area contributed by atoms with Crippen LogP contribution in [0.3, 0.4) is 0 Å². The smallest absolute Gasteiger partial charge is 0.133 e. The number of hydrogen-bond acceptors (Lipinski definition) is 2. The van der Waals surface area contributed by atoms with Gasteiger partial charge in [0.2, 0.25) is 0 Å². The molecule has 0 unspecified atom stereocenters. The molecule has 0 saturated carbocycles. The third kappa shape index (κ3) is 1.56. The van der Waals surface area contributed by atoms with Crippen LogP contribution in [0.1, 0.15) is 5.69 Å². The van der Waals surface area contributed by atoms with Crippen molar-refractivity contribution in [3.8, 4) is 0 Å². The van der Waals surface area contributed by atoms with E-state index in [1.165, 1.54) is 0 Å². The highest BCUT2D eigenvalue weighted by atomic mass is 127. The summed E-state index contributed by atoms with van der Waals surface area (Å²) in [6.45, 7) is -0.552. The van der Waals surface area contributed by atoms with E-state index >= 15 is 0 Å². The molecule has 0 saturated heterocycles. The molecule has 1 heterocycles. The lowest BCUT2D eigenvalue weighted by Gasteiger charge is -1.97. The Labute approximate surface area is 71.8 Å². The minimum absolute atomic E-state index is 0.369. The standard InChI is InChI=1S/C6H6FIN2/c7-3-5-4(8)1-2-6(9)10-5/h1-2H,3H2,(H2,9,10). The van der Waals surface area contributed by atoms with Gasteiger partial charge < -0.3 is 5.73 Å². The Morgan fingerprint density at radius 1 is 1.60 bits per heavy atom. The minimum atomic E-state index is -0.552. The fraction of sp³-hybridized carbons (Fsp3) is 0.167. The number of rotatable bonds is 1. The van der Waals surface area contributed by atoms with Crippen molar-refractivity contribution in [2.45, 2.75) is 6.67 Å².